The maximum Gasteiger partial charge on any atom is 0.254 e. The van der Waals surface area contributed by atoms with Crippen LogP contribution in [-0.2, 0) is 6.42 Å². The van der Waals surface area contributed by atoms with Gasteiger partial charge in [0.25, 0.3) is 5.91 Å². The summed E-state index contributed by atoms with van der Waals surface area (Å²) in [6.45, 7) is 2.11. The van der Waals surface area contributed by atoms with Crippen LogP contribution in [0.15, 0.2) is 24.3 Å². The van der Waals surface area contributed by atoms with E-state index in [9.17, 15) is 4.79 Å². The van der Waals surface area contributed by atoms with Crippen molar-refractivity contribution in [2.24, 2.45) is 0 Å². The van der Waals surface area contributed by atoms with E-state index < -0.39 is 0 Å². The first kappa shape index (κ1) is 13.6. The van der Waals surface area contributed by atoms with Crippen LogP contribution in [0, 0.1) is 0 Å². The molecule has 0 aliphatic carbocycles. The molecule has 0 radical (unpaired) electrons. The second-order valence-electron chi connectivity index (χ2n) is 6.19. The van der Waals surface area contributed by atoms with Crippen LogP contribution in [0.2, 0.25) is 0 Å². The smallest absolute Gasteiger partial charge is 0.254 e. The lowest BCUT2D eigenvalue weighted by molar-refractivity contribution is 0.0680. The lowest BCUT2D eigenvalue weighted by Gasteiger charge is -2.35. The van der Waals surface area contributed by atoms with Gasteiger partial charge in [0.05, 0.1) is 0 Å². The first-order valence-corrected chi connectivity index (χ1v) is 7.80. The fraction of sp³-hybridized carbons (Fsp3) is 0.588. The molecule has 1 N–H and O–H groups in total. The van der Waals surface area contributed by atoms with Crippen molar-refractivity contribution in [1.82, 2.24) is 10.2 Å². The number of piperidine rings is 1. The summed E-state index contributed by atoms with van der Waals surface area (Å²) in [4.78, 5) is 14.7. The minimum absolute atomic E-state index is 0.189. The number of aryl methyl sites for hydroxylation is 1. The maximum absolute atomic E-state index is 12.8. The number of amides is 1. The van der Waals surface area contributed by atoms with Gasteiger partial charge in [0, 0.05) is 30.7 Å². The summed E-state index contributed by atoms with van der Waals surface area (Å²) in [5, 5.41) is 3.64. The Labute approximate surface area is 121 Å². The van der Waals surface area contributed by atoms with Crippen molar-refractivity contribution in [3.05, 3.63) is 35.4 Å². The van der Waals surface area contributed by atoms with Gasteiger partial charge in [-0.1, -0.05) is 25.1 Å². The molecular formula is C17H24N2O. The number of carbonyl (C=O) groups is 1. The van der Waals surface area contributed by atoms with E-state index in [4.69, 9.17) is 0 Å². The highest BCUT2D eigenvalue weighted by atomic mass is 16.2. The summed E-state index contributed by atoms with van der Waals surface area (Å²) in [5.74, 6) is 0.189. The van der Waals surface area contributed by atoms with Crippen molar-refractivity contribution >= 4 is 5.91 Å². The summed E-state index contributed by atoms with van der Waals surface area (Å²) in [6, 6.07) is 9.64. The van der Waals surface area contributed by atoms with Crippen LogP contribution < -0.4 is 5.32 Å². The second-order valence-corrected chi connectivity index (χ2v) is 6.19. The van der Waals surface area contributed by atoms with Crippen molar-refractivity contribution in [1.29, 1.82) is 0 Å². The van der Waals surface area contributed by atoms with Crippen molar-refractivity contribution in [2.45, 2.75) is 57.2 Å². The van der Waals surface area contributed by atoms with Crippen LogP contribution in [0.1, 0.15) is 48.5 Å². The zero-order valence-corrected chi connectivity index (χ0v) is 12.4. The fourth-order valence-electron chi connectivity index (χ4n) is 3.74. The predicted octanol–water partition coefficient (Wildman–Crippen LogP) is 2.60. The van der Waals surface area contributed by atoms with E-state index in [0.717, 1.165) is 30.4 Å². The summed E-state index contributed by atoms with van der Waals surface area (Å²) in [7, 11) is 1.98. The zero-order chi connectivity index (χ0) is 14.1. The Bertz CT molecular complexity index is 488. The van der Waals surface area contributed by atoms with E-state index in [2.05, 4.69) is 18.3 Å². The summed E-state index contributed by atoms with van der Waals surface area (Å²) < 4.78 is 0. The first-order valence-electron chi connectivity index (χ1n) is 7.80. The highest BCUT2D eigenvalue weighted by Gasteiger charge is 2.36. The number of benzene rings is 1. The first-order chi connectivity index (χ1) is 9.69. The maximum atomic E-state index is 12.8. The molecule has 1 amide bonds. The summed E-state index contributed by atoms with van der Waals surface area (Å²) in [6.07, 6.45) is 5.66. The minimum Gasteiger partial charge on any atom is -0.339 e. The molecule has 3 rings (SSSR count). The van der Waals surface area contributed by atoms with Crippen LogP contribution in [-0.4, -0.2) is 36.0 Å². The third-order valence-corrected chi connectivity index (χ3v) is 4.94. The molecule has 3 heteroatoms. The molecule has 2 saturated heterocycles. The lowest BCUT2D eigenvalue weighted by atomic mass is 9.97. The van der Waals surface area contributed by atoms with Crippen molar-refractivity contribution in [3.8, 4) is 0 Å². The Hall–Kier alpha value is -1.35. The van der Waals surface area contributed by atoms with E-state index in [-0.39, 0.29) is 5.91 Å². The molecule has 3 nitrogen and oxygen atoms in total. The molecule has 2 fully saturated rings. The van der Waals surface area contributed by atoms with Crippen molar-refractivity contribution in [2.75, 3.05) is 7.05 Å². The van der Waals surface area contributed by atoms with Crippen molar-refractivity contribution < 1.29 is 4.79 Å². The number of nitrogens with one attached hydrogen (secondary N) is 1. The van der Waals surface area contributed by atoms with Gasteiger partial charge in [-0.2, -0.15) is 0 Å². The molecule has 0 spiro atoms. The van der Waals surface area contributed by atoms with Crippen LogP contribution in [0.3, 0.4) is 0 Å². The quantitative estimate of drug-likeness (QED) is 0.917. The van der Waals surface area contributed by atoms with Crippen LogP contribution in [0.4, 0.5) is 0 Å². The minimum atomic E-state index is 0.189. The Balaban J connectivity index is 1.76. The van der Waals surface area contributed by atoms with Gasteiger partial charge in [0.1, 0.15) is 0 Å². The monoisotopic (exact) mass is 272 g/mol. The zero-order valence-electron chi connectivity index (χ0n) is 12.4. The molecular weight excluding hydrogens is 248 g/mol. The standard InChI is InChI=1S/C17H24N2O/c1-3-12-6-4-5-7-16(12)17(20)19(2)15-10-13-8-9-14(11-15)18-13/h4-7,13-15,18H,3,8-11H2,1-2H3. The number of nitrogens with zero attached hydrogens (tertiary/aromatic N) is 1. The number of carbonyl (C=O) groups excluding carboxylic acids is 1. The Kier molecular flexibility index (Phi) is 3.79. The van der Waals surface area contributed by atoms with Crippen molar-refractivity contribution in [3.63, 3.8) is 0 Å². The lowest BCUT2D eigenvalue weighted by Crippen LogP contribution is -2.48. The van der Waals surface area contributed by atoms with Crippen LogP contribution >= 0.6 is 0 Å². The molecule has 0 aromatic heterocycles. The van der Waals surface area contributed by atoms with Gasteiger partial charge in [-0.3, -0.25) is 4.79 Å². The Morgan fingerprint density at radius 1 is 1.25 bits per heavy atom. The van der Waals surface area contributed by atoms with E-state index in [0.29, 0.717) is 18.1 Å². The Morgan fingerprint density at radius 3 is 2.55 bits per heavy atom. The normalized spacial score (nSPS) is 28.4. The van der Waals surface area contributed by atoms with Crippen LogP contribution in [0.5, 0.6) is 0 Å². The average Bonchev–Trinajstić information content (AvgIpc) is 2.84. The number of hydrogen-bond donors (Lipinski definition) is 1. The molecule has 108 valence electrons. The van der Waals surface area contributed by atoms with Gasteiger partial charge in [-0.15, -0.1) is 0 Å². The molecule has 1 aromatic rings. The molecule has 2 aliphatic rings. The SMILES string of the molecule is CCc1ccccc1C(=O)N(C)C1CC2CCC(C1)N2. The molecule has 2 atom stereocenters. The van der Waals surface area contributed by atoms with Gasteiger partial charge < -0.3 is 10.2 Å². The number of rotatable bonds is 3. The number of hydrogen-bond acceptors (Lipinski definition) is 2. The summed E-state index contributed by atoms with van der Waals surface area (Å²) in [5.41, 5.74) is 2.03. The molecule has 2 heterocycles. The molecule has 0 saturated carbocycles. The van der Waals surface area contributed by atoms with Gasteiger partial charge in [0.15, 0.2) is 0 Å². The average molecular weight is 272 g/mol. The van der Waals surface area contributed by atoms with Crippen LogP contribution in [0.25, 0.3) is 0 Å². The largest absolute Gasteiger partial charge is 0.339 e. The molecule has 2 unspecified atom stereocenters. The van der Waals surface area contributed by atoms with E-state index in [1.54, 1.807) is 0 Å². The second kappa shape index (κ2) is 5.57. The third kappa shape index (κ3) is 2.47. The molecule has 2 bridgehead atoms. The Morgan fingerprint density at radius 2 is 1.90 bits per heavy atom. The van der Waals surface area contributed by atoms with E-state index >= 15 is 0 Å². The van der Waals surface area contributed by atoms with Gasteiger partial charge in [-0.25, -0.2) is 0 Å². The number of fused-ring (bicyclic) bond motifs is 2. The molecule has 20 heavy (non-hydrogen) atoms. The summed E-state index contributed by atoms with van der Waals surface area (Å²) >= 11 is 0. The predicted molar refractivity (Wildman–Crippen MR) is 80.9 cm³/mol. The van der Waals surface area contributed by atoms with E-state index in [1.165, 1.54) is 12.8 Å². The highest BCUT2D eigenvalue weighted by molar-refractivity contribution is 5.95. The molecule has 2 aliphatic heterocycles. The van der Waals surface area contributed by atoms with E-state index in [1.807, 2.05) is 30.1 Å². The molecule has 1 aromatic carbocycles. The van der Waals surface area contributed by atoms with Gasteiger partial charge in [0.2, 0.25) is 0 Å². The topological polar surface area (TPSA) is 32.3 Å². The van der Waals surface area contributed by atoms with Gasteiger partial charge >= 0.3 is 0 Å². The fourth-order valence-corrected chi connectivity index (χ4v) is 3.74. The highest BCUT2D eigenvalue weighted by Crippen LogP contribution is 2.30. The third-order valence-electron chi connectivity index (χ3n) is 4.94. The van der Waals surface area contributed by atoms with Gasteiger partial charge in [-0.05, 0) is 43.7 Å².